The molecule has 42 heavy (non-hydrogen) atoms. The van der Waals surface area contributed by atoms with Crippen LogP contribution in [0.15, 0.2) is 104 Å². The van der Waals surface area contributed by atoms with Gasteiger partial charge in [0, 0.05) is 70.7 Å². The summed E-state index contributed by atoms with van der Waals surface area (Å²) in [6.45, 7) is 4.49. The maximum atomic E-state index is 13.3. The number of ether oxygens (including phenoxy) is 1. The number of amides is 1. The molecule has 8 heteroatoms. The number of carbonyl (C=O) groups excluding carboxylic acids is 1. The first-order valence-electron chi connectivity index (χ1n) is 13.7. The zero-order valence-corrected chi connectivity index (χ0v) is 23.6. The molecular formula is C34H30N6O2. The van der Waals surface area contributed by atoms with Gasteiger partial charge >= 0.3 is 0 Å². The largest absolute Gasteiger partial charge is 0.478 e. The number of nitrogens with one attached hydrogen (secondary N) is 2. The Balaban J connectivity index is 1.21. The Bertz CT molecular complexity index is 1880. The van der Waals surface area contributed by atoms with Gasteiger partial charge in [0.1, 0.15) is 0 Å². The number of aryl methyl sites for hydroxylation is 2. The first kappa shape index (κ1) is 26.7. The number of anilines is 3. The van der Waals surface area contributed by atoms with Crippen molar-refractivity contribution in [3.05, 3.63) is 115 Å². The zero-order chi connectivity index (χ0) is 29.1. The molecule has 3 aromatic carbocycles. The van der Waals surface area contributed by atoms with Crippen LogP contribution < -0.4 is 15.4 Å². The predicted molar refractivity (Wildman–Crippen MR) is 167 cm³/mol. The fourth-order valence-electron chi connectivity index (χ4n) is 4.87. The normalized spacial score (nSPS) is 10.9. The summed E-state index contributed by atoms with van der Waals surface area (Å²) in [5, 5.41) is 7.40. The molecule has 0 atom stereocenters. The maximum absolute atomic E-state index is 13.3. The van der Waals surface area contributed by atoms with Crippen molar-refractivity contribution in [2.24, 2.45) is 7.05 Å². The molecule has 1 amide bonds. The maximum Gasteiger partial charge on any atom is 0.255 e. The van der Waals surface area contributed by atoms with Crippen molar-refractivity contribution in [3.8, 4) is 28.3 Å². The molecule has 8 nitrogen and oxygen atoms in total. The number of hydrogen-bond acceptors (Lipinski definition) is 6. The van der Waals surface area contributed by atoms with Gasteiger partial charge in [0.25, 0.3) is 5.91 Å². The summed E-state index contributed by atoms with van der Waals surface area (Å²) in [7, 11) is 1.99. The van der Waals surface area contributed by atoms with Crippen LogP contribution in [0, 0.1) is 6.92 Å². The molecule has 0 unspecified atom stereocenters. The molecule has 0 fully saturated rings. The summed E-state index contributed by atoms with van der Waals surface area (Å²) < 4.78 is 7.53. The lowest BCUT2D eigenvalue weighted by molar-refractivity contribution is 0.102. The van der Waals surface area contributed by atoms with E-state index >= 15 is 0 Å². The van der Waals surface area contributed by atoms with E-state index in [1.54, 1.807) is 6.20 Å². The second-order valence-corrected chi connectivity index (χ2v) is 9.94. The molecule has 0 radical (unpaired) electrons. The Kier molecular flexibility index (Phi) is 7.34. The summed E-state index contributed by atoms with van der Waals surface area (Å²) in [6.07, 6.45) is 5.61. The van der Waals surface area contributed by atoms with Crippen LogP contribution in [0.25, 0.3) is 33.3 Å². The van der Waals surface area contributed by atoms with E-state index in [0.717, 1.165) is 44.5 Å². The highest BCUT2D eigenvalue weighted by Crippen LogP contribution is 2.32. The van der Waals surface area contributed by atoms with E-state index in [4.69, 9.17) is 4.74 Å². The topological polar surface area (TPSA) is 94.0 Å². The molecule has 3 aromatic heterocycles. The predicted octanol–water partition coefficient (Wildman–Crippen LogP) is 7.40. The minimum Gasteiger partial charge on any atom is -0.478 e. The molecule has 0 aliphatic carbocycles. The molecule has 0 saturated carbocycles. The summed E-state index contributed by atoms with van der Waals surface area (Å²) >= 11 is 0. The quantitative estimate of drug-likeness (QED) is 0.204. The van der Waals surface area contributed by atoms with Crippen molar-refractivity contribution >= 4 is 34.1 Å². The molecule has 6 aromatic rings. The van der Waals surface area contributed by atoms with Gasteiger partial charge in [-0.1, -0.05) is 42.5 Å². The highest BCUT2D eigenvalue weighted by molar-refractivity contribution is 6.06. The fourth-order valence-corrected chi connectivity index (χ4v) is 4.87. The first-order valence-corrected chi connectivity index (χ1v) is 13.7. The molecule has 6 rings (SSSR count). The van der Waals surface area contributed by atoms with Gasteiger partial charge in [-0.3, -0.25) is 4.79 Å². The van der Waals surface area contributed by atoms with Crippen molar-refractivity contribution in [1.82, 2.24) is 19.5 Å². The number of fused-ring (bicyclic) bond motifs is 1. The van der Waals surface area contributed by atoms with Crippen LogP contribution in [0.4, 0.5) is 17.3 Å². The Morgan fingerprint density at radius 2 is 1.79 bits per heavy atom. The van der Waals surface area contributed by atoms with Crippen molar-refractivity contribution in [2.75, 3.05) is 17.2 Å². The van der Waals surface area contributed by atoms with Gasteiger partial charge < -0.3 is 19.9 Å². The van der Waals surface area contributed by atoms with Crippen molar-refractivity contribution in [3.63, 3.8) is 0 Å². The van der Waals surface area contributed by atoms with Gasteiger partial charge in [0.15, 0.2) is 0 Å². The van der Waals surface area contributed by atoms with Crippen LogP contribution in [-0.2, 0) is 7.05 Å². The SMILES string of the molecule is CCOc1ccc(-c2cn(C)c3cc(NC(=O)c4ccc(C)c(Nc5nccc(-c6ccccc6)n5)c4)ccc23)cn1. The number of hydrogen-bond donors (Lipinski definition) is 2. The molecule has 0 bridgehead atoms. The van der Waals surface area contributed by atoms with Gasteiger partial charge in [-0.2, -0.15) is 0 Å². The number of rotatable bonds is 8. The first-order chi connectivity index (χ1) is 20.5. The fraction of sp³-hybridized carbons (Fsp3) is 0.118. The van der Waals surface area contributed by atoms with Crippen molar-refractivity contribution in [2.45, 2.75) is 13.8 Å². The third-order valence-electron chi connectivity index (χ3n) is 7.06. The Labute approximate surface area is 244 Å². The van der Waals surface area contributed by atoms with Gasteiger partial charge in [-0.25, -0.2) is 15.0 Å². The summed E-state index contributed by atoms with van der Waals surface area (Å²) in [6, 6.07) is 27.2. The summed E-state index contributed by atoms with van der Waals surface area (Å²) in [5.74, 6) is 0.861. The minimum atomic E-state index is -0.207. The zero-order valence-electron chi connectivity index (χ0n) is 23.6. The molecule has 0 spiro atoms. The molecular weight excluding hydrogens is 524 g/mol. The van der Waals surface area contributed by atoms with Gasteiger partial charge in [0.2, 0.25) is 11.8 Å². The molecule has 0 aliphatic rings. The summed E-state index contributed by atoms with van der Waals surface area (Å²) in [4.78, 5) is 26.8. The van der Waals surface area contributed by atoms with E-state index in [9.17, 15) is 4.79 Å². The Hall–Kier alpha value is -5.50. The average molecular weight is 555 g/mol. The van der Waals surface area contributed by atoms with E-state index in [2.05, 4.69) is 31.8 Å². The number of nitrogens with zero attached hydrogens (tertiary/aromatic N) is 4. The van der Waals surface area contributed by atoms with E-state index in [0.29, 0.717) is 29.7 Å². The number of aromatic nitrogens is 4. The smallest absolute Gasteiger partial charge is 0.255 e. The standard InChI is InChI=1S/C34H30N6O2/c1-4-42-32-15-12-25(20-36-32)28-21-40(3)31-19-26(13-14-27(28)31)37-33(41)24-11-10-22(2)30(18-24)39-34-35-17-16-29(38-34)23-8-6-5-7-9-23/h5-21H,4H2,1-3H3,(H,37,41)(H,35,38,39). The van der Waals surface area contributed by atoms with Crippen LogP contribution in [0.5, 0.6) is 5.88 Å². The second kappa shape index (κ2) is 11.5. The lowest BCUT2D eigenvalue weighted by atomic mass is 10.1. The van der Waals surface area contributed by atoms with Crippen molar-refractivity contribution in [1.29, 1.82) is 0 Å². The van der Waals surface area contributed by atoms with Crippen LogP contribution in [0.3, 0.4) is 0 Å². The van der Waals surface area contributed by atoms with Gasteiger partial charge in [-0.05, 0) is 55.8 Å². The number of benzene rings is 3. The summed E-state index contributed by atoms with van der Waals surface area (Å²) in [5.41, 5.74) is 7.85. The van der Waals surface area contributed by atoms with E-state index in [-0.39, 0.29) is 5.91 Å². The number of carbonyl (C=O) groups is 1. The third kappa shape index (κ3) is 5.55. The lowest BCUT2D eigenvalue weighted by Gasteiger charge is -2.12. The van der Waals surface area contributed by atoms with Crippen molar-refractivity contribution < 1.29 is 9.53 Å². The van der Waals surface area contributed by atoms with Gasteiger partial charge in [0.05, 0.1) is 17.8 Å². The van der Waals surface area contributed by atoms with E-state index < -0.39 is 0 Å². The van der Waals surface area contributed by atoms with E-state index in [1.807, 2.05) is 117 Å². The third-order valence-corrected chi connectivity index (χ3v) is 7.06. The second-order valence-electron chi connectivity index (χ2n) is 9.94. The highest BCUT2D eigenvalue weighted by atomic mass is 16.5. The Morgan fingerprint density at radius 1 is 0.929 bits per heavy atom. The molecule has 2 N–H and O–H groups in total. The molecule has 0 saturated heterocycles. The van der Waals surface area contributed by atoms with E-state index in [1.165, 1.54) is 0 Å². The van der Waals surface area contributed by atoms with Crippen LogP contribution in [-0.4, -0.2) is 32.0 Å². The van der Waals surface area contributed by atoms with Crippen LogP contribution in [0.1, 0.15) is 22.8 Å². The average Bonchev–Trinajstić information content (AvgIpc) is 3.35. The molecule has 3 heterocycles. The highest BCUT2D eigenvalue weighted by Gasteiger charge is 2.14. The minimum absolute atomic E-state index is 0.207. The van der Waals surface area contributed by atoms with Crippen LogP contribution in [0.2, 0.25) is 0 Å². The van der Waals surface area contributed by atoms with Crippen LogP contribution >= 0.6 is 0 Å². The molecule has 208 valence electrons. The van der Waals surface area contributed by atoms with Gasteiger partial charge in [-0.15, -0.1) is 0 Å². The molecule has 0 aliphatic heterocycles. The lowest BCUT2D eigenvalue weighted by Crippen LogP contribution is -2.12. The Morgan fingerprint density at radius 3 is 2.57 bits per heavy atom. The number of pyridine rings is 1. The monoisotopic (exact) mass is 554 g/mol.